The molecule has 2 heterocycles. The van der Waals surface area contributed by atoms with E-state index < -0.39 is 30.3 Å². The molecule has 3 N–H and O–H groups in total. The van der Waals surface area contributed by atoms with Gasteiger partial charge in [-0.1, -0.05) is 0 Å². The number of aliphatic hydroxyl groups excluding tert-OH is 1. The zero-order valence-electron chi connectivity index (χ0n) is 14.3. The highest BCUT2D eigenvalue weighted by atomic mass is 16.6. The van der Waals surface area contributed by atoms with Gasteiger partial charge in [0.2, 0.25) is 5.84 Å². The van der Waals surface area contributed by atoms with Crippen molar-refractivity contribution in [3.8, 4) is 0 Å². The molecule has 11 nitrogen and oxygen atoms in total. The second kappa shape index (κ2) is 8.94. The number of hydrogen-bond acceptors (Lipinski definition) is 10. The van der Waals surface area contributed by atoms with Crippen LogP contribution in [0.3, 0.4) is 0 Å². The molecule has 0 aromatic rings. The number of amides is 1. The number of aliphatic hydroxyl groups is 1. The lowest BCUT2D eigenvalue weighted by Gasteiger charge is -2.22. The minimum atomic E-state index is -0.814. The van der Waals surface area contributed by atoms with Crippen LogP contribution in [0.2, 0.25) is 0 Å². The third-order valence-corrected chi connectivity index (χ3v) is 3.76. The lowest BCUT2D eigenvalue weighted by Crippen LogP contribution is -2.37. The summed E-state index contributed by atoms with van der Waals surface area (Å²) in [6.45, 7) is 0.699. The van der Waals surface area contributed by atoms with Crippen LogP contribution < -0.4 is 5.73 Å². The average molecular weight is 360 g/mol. The van der Waals surface area contributed by atoms with E-state index in [0.717, 1.165) is 0 Å². The second-order valence-corrected chi connectivity index (χ2v) is 5.73. The Kier molecular flexibility index (Phi) is 6.93. The van der Waals surface area contributed by atoms with Crippen molar-refractivity contribution in [3.05, 3.63) is 0 Å². The number of hydrogen-bond donors (Lipinski definition) is 2. The first-order valence-electron chi connectivity index (χ1n) is 7.84. The van der Waals surface area contributed by atoms with Crippen molar-refractivity contribution >= 4 is 17.7 Å². The van der Waals surface area contributed by atoms with Crippen LogP contribution in [0.25, 0.3) is 0 Å². The van der Waals surface area contributed by atoms with Crippen molar-refractivity contribution in [2.24, 2.45) is 10.8 Å². The van der Waals surface area contributed by atoms with Crippen molar-refractivity contribution in [2.45, 2.75) is 24.9 Å². The van der Waals surface area contributed by atoms with E-state index in [1.54, 1.807) is 11.9 Å². The number of primary amides is 1. The van der Waals surface area contributed by atoms with E-state index >= 15 is 0 Å². The van der Waals surface area contributed by atoms with Crippen LogP contribution in [0.5, 0.6) is 0 Å². The zero-order valence-corrected chi connectivity index (χ0v) is 14.3. The predicted octanol–water partition coefficient (Wildman–Crippen LogP) is -2.33. The van der Waals surface area contributed by atoms with Crippen LogP contribution in [-0.2, 0) is 28.5 Å². The molecule has 0 unspecified atom stereocenters. The van der Waals surface area contributed by atoms with Crippen molar-refractivity contribution < 1.29 is 33.6 Å². The molecule has 0 aromatic heterocycles. The van der Waals surface area contributed by atoms with Crippen molar-refractivity contribution in [1.82, 2.24) is 9.91 Å². The minimum Gasteiger partial charge on any atom is -0.461 e. The van der Waals surface area contributed by atoms with Crippen molar-refractivity contribution in [2.75, 3.05) is 47.3 Å². The molecule has 0 bridgehead atoms. The summed E-state index contributed by atoms with van der Waals surface area (Å²) >= 11 is 0. The van der Waals surface area contributed by atoms with Gasteiger partial charge < -0.3 is 34.7 Å². The number of hydrazone groups is 1. The minimum absolute atomic E-state index is 0.0970. The number of esters is 1. The molecular formula is C14H24N4O7. The van der Waals surface area contributed by atoms with Gasteiger partial charge in [0.05, 0.1) is 19.3 Å². The summed E-state index contributed by atoms with van der Waals surface area (Å²) in [7, 11) is 3.21. The molecule has 2 rings (SSSR count). The largest absolute Gasteiger partial charge is 0.461 e. The highest BCUT2D eigenvalue weighted by Gasteiger charge is 2.40. The van der Waals surface area contributed by atoms with E-state index in [1.165, 1.54) is 12.1 Å². The molecule has 142 valence electrons. The number of nitrogens with zero attached hydrogens (tertiary/aromatic N) is 3. The third kappa shape index (κ3) is 5.26. The van der Waals surface area contributed by atoms with Gasteiger partial charge in [-0.2, -0.15) is 0 Å². The van der Waals surface area contributed by atoms with Gasteiger partial charge >= 0.3 is 5.97 Å². The van der Waals surface area contributed by atoms with Gasteiger partial charge in [-0.05, 0) is 0 Å². The molecular weight excluding hydrogens is 336 g/mol. The van der Waals surface area contributed by atoms with Crippen LogP contribution in [0, 0.1) is 0 Å². The fourth-order valence-corrected chi connectivity index (χ4v) is 2.47. The predicted molar refractivity (Wildman–Crippen MR) is 84.0 cm³/mol. The van der Waals surface area contributed by atoms with Crippen LogP contribution >= 0.6 is 0 Å². The van der Waals surface area contributed by atoms with E-state index in [1.807, 2.05) is 0 Å². The Balaban J connectivity index is 1.76. The van der Waals surface area contributed by atoms with Crippen molar-refractivity contribution in [1.29, 1.82) is 0 Å². The molecule has 3 atom stereocenters. The van der Waals surface area contributed by atoms with Crippen LogP contribution in [0.4, 0.5) is 0 Å². The first-order valence-corrected chi connectivity index (χ1v) is 7.84. The maximum absolute atomic E-state index is 11.6. The lowest BCUT2D eigenvalue weighted by atomic mass is 10.2. The molecule has 1 amide bonds. The molecule has 2 aliphatic rings. The first-order chi connectivity index (χ1) is 11.9. The summed E-state index contributed by atoms with van der Waals surface area (Å²) in [6.07, 6.45) is -1.75. The summed E-state index contributed by atoms with van der Waals surface area (Å²) in [6, 6.07) is 0. The molecule has 11 heteroatoms. The average Bonchev–Trinajstić information content (AvgIpc) is 3.12. The number of methoxy groups -OCH3 is 1. The number of nitrogens with two attached hydrogens (primary N) is 1. The van der Waals surface area contributed by atoms with Crippen LogP contribution in [0.15, 0.2) is 5.10 Å². The highest BCUT2D eigenvalue weighted by Crippen LogP contribution is 2.26. The van der Waals surface area contributed by atoms with E-state index in [-0.39, 0.29) is 25.5 Å². The Labute approximate surface area is 145 Å². The van der Waals surface area contributed by atoms with Gasteiger partial charge in [0.25, 0.3) is 5.91 Å². The molecule has 0 aliphatic carbocycles. The number of ether oxygens (including phenoxy) is 4. The van der Waals surface area contributed by atoms with Gasteiger partial charge in [0.1, 0.15) is 26.0 Å². The molecule has 0 spiro atoms. The fraction of sp³-hybridized carbons (Fsp3) is 0.786. The summed E-state index contributed by atoms with van der Waals surface area (Å²) in [5, 5.41) is 15.7. The molecule has 0 radical (unpaired) electrons. The van der Waals surface area contributed by atoms with Crippen molar-refractivity contribution in [3.63, 3.8) is 0 Å². The Morgan fingerprint density at radius 1 is 1.44 bits per heavy atom. The third-order valence-electron chi connectivity index (χ3n) is 3.76. The van der Waals surface area contributed by atoms with E-state index in [0.29, 0.717) is 19.9 Å². The topological polar surface area (TPSA) is 136 Å². The quantitative estimate of drug-likeness (QED) is 0.343. The standard InChI is InChI=1S/C14H24N4O7/c1-17-8-18(16-14(17)13(15)21)11-5-9(19)10(25-11)6-24-12(20)7-23-4-3-22-2/h9-11,19H,3-8H2,1-2H3,(H2,15,21)/t9-,10+,11+/m0/s1. The van der Waals surface area contributed by atoms with Gasteiger partial charge in [0.15, 0.2) is 6.23 Å². The lowest BCUT2D eigenvalue weighted by molar-refractivity contribution is -0.157. The summed E-state index contributed by atoms with van der Waals surface area (Å²) in [5.74, 6) is -1.06. The molecule has 25 heavy (non-hydrogen) atoms. The first kappa shape index (κ1) is 19.4. The Morgan fingerprint density at radius 3 is 2.84 bits per heavy atom. The smallest absolute Gasteiger partial charge is 0.332 e. The number of carbonyl (C=O) groups is 2. The Morgan fingerprint density at radius 2 is 2.20 bits per heavy atom. The van der Waals surface area contributed by atoms with E-state index in [4.69, 9.17) is 24.7 Å². The fourth-order valence-electron chi connectivity index (χ4n) is 2.47. The van der Waals surface area contributed by atoms with Gasteiger partial charge in [-0.3, -0.25) is 4.79 Å². The molecule has 1 saturated heterocycles. The second-order valence-electron chi connectivity index (χ2n) is 5.73. The molecule has 0 aromatic carbocycles. The van der Waals surface area contributed by atoms with Crippen LogP contribution in [-0.4, -0.2) is 98.4 Å². The number of carbonyl (C=O) groups excluding carboxylic acids is 2. The zero-order chi connectivity index (χ0) is 18.4. The van der Waals surface area contributed by atoms with Gasteiger partial charge in [0, 0.05) is 20.6 Å². The maximum Gasteiger partial charge on any atom is 0.332 e. The maximum atomic E-state index is 11.6. The van der Waals surface area contributed by atoms with E-state index in [9.17, 15) is 14.7 Å². The Hall–Kier alpha value is -1.95. The normalized spacial score (nSPS) is 26.0. The van der Waals surface area contributed by atoms with E-state index in [2.05, 4.69) is 5.10 Å². The van der Waals surface area contributed by atoms with Gasteiger partial charge in [-0.25, -0.2) is 9.80 Å². The SMILES string of the molecule is COCCOCC(=O)OC[C@H]1O[C@@H](N2CN(C)C(C(N)=O)=N2)C[C@@H]1O. The molecule has 0 saturated carbocycles. The van der Waals surface area contributed by atoms with Gasteiger partial charge in [-0.15, -0.1) is 5.10 Å². The molecule has 2 aliphatic heterocycles. The monoisotopic (exact) mass is 360 g/mol. The highest BCUT2D eigenvalue weighted by molar-refractivity contribution is 6.37. The number of amidine groups is 1. The molecule has 1 fully saturated rings. The Bertz CT molecular complexity index is 515. The number of rotatable bonds is 9. The number of likely N-dealkylation sites (N-methyl/N-ethyl adjacent to an activating group) is 1. The summed E-state index contributed by atoms with van der Waals surface area (Å²) in [5.41, 5.74) is 5.24. The summed E-state index contributed by atoms with van der Waals surface area (Å²) < 4.78 is 20.6. The summed E-state index contributed by atoms with van der Waals surface area (Å²) in [4.78, 5) is 24.4. The van der Waals surface area contributed by atoms with Crippen LogP contribution in [0.1, 0.15) is 6.42 Å².